The average Bonchev–Trinajstić information content (AvgIpc) is 2.44. The van der Waals surface area contributed by atoms with E-state index < -0.39 is 0 Å². The van der Waals surface area contributed by atoms with Crippen LogP contribution in [-0.2, 0) is 19.0 Å². The SMILES string of the molecule is COCCOCCCC(=O)OC1CC2CC(C1C)C2(C)C. The first-order chi connectivity index (χ1) is 9.96. The van der Waals surface area contributed by atoms with Crippen molar-refractivity contribution in [2.45, 2.75) is 52.6 Å². The molecule has 21 heavy (non-hydrogen) atoms. The number of methoxy groups -OCH3 is 1. The maximum absolute atomic E-state index is 11.9. The van der Waals surface area contributed by atoms with E-state index in [1.165, 1.54) is 6.42 Å². The fourth-order valence-electron chi connectivity index (χ4n) is 4.05. The van der Waals surface area contributed by atoms with E-state index in [1.54, 1.807) is 7.11 Å². The smallest absolute Gasteiger partial charge is 0.306 e. The predicted octanol–water partition coefficient (Wildman–Crippen LogP) is 3.04. The van der Waals surface area contributed by atoms with Crippen LogP contribution in [0, 0.1) is 23.2 Å². The number of carbonyl (C=O) groups excluding carboxylic acids is 1. The van der Waals surface area contributed by atoms with Crippen molar-refractivity contribution >= 4 is 5.97 Å². The second-order valence-electron chi connectivity index (χ2n) is 7.19. The molecule has 4 atom stereocenters. The number of rotatable bonds is 8. The minimum Gasteiger partial charge on any atom is -0.462 e. The molecule has 3 saturated carbocycles. The third-order valence-corrected chi connectivity index (χ3v) is 5.67. The molecule has 0 radical (unpaired) electrons. The summed E-state index contributed by atoms with van der Waals surface area (Å²) in [5, 5.41) is 0. The molecule has 4 unspecified atom stereocenters. The summed E-state index contributed by atoms with van der Waals surface area (Å²) in [6.45, 7) is 8.74. The summed E-state index contributed by atoms with van der Waals surface area (Å²) in [5.74, 6) is 1.87. The molecule has 0 aromatic carbocycles. The molecule has 0 spiro atoms. The Bertz CT molecular complexity index is 353. The first kappa shape index (κ1) is 16.8. The fraction of sp³-hybridized carbons (Fsp3) is 0.941. The van der Waals surface area contributed by atoms with Crippen molar-refractivity contribution in [2.75, 3.05) is 26.9 Å². The van der Waals surface area contributed by atoms with Crippen LogP contribution < -0.4 is 0 Å². The molecule has 3 aliphatic carbocycles. The van der Waals surface area contributed by atoms with E-state index >= 15 is 0 Å². The van der Waals surface area contributed by atoms with Crippen LogP contribution in [0.1, 0.15) is 46.5 Å². The molecule has 0 aromatic heterocycles. The first-order valence-electron chi connectivity index (χ1n) is 8.23. The summed E-state index contributed by atoms with van der Waals surface area (Å²) >= 11 is 0. The summed E-state index contributed by atoms with van der Waals surface area (Å²) in [5.41, 5.74) is 0.442. The monoisotopic (exact) mass is 298 g/mol. The number of fused-ring (bicyclic) bond motifs is 2. The van der Waals surface area contributed by atoms with Crippen molar-refractivity contribution < 1.29 is 19.0 Å². The van der Waals surface area contributed by atoms with Crippen LogP contribution in [0.2, 0.25) is 0 Å². The molecule has 4 nitrogen and oxygen atoms in total. The highest BCUT2D eigenvalue weighted by Gasteiger charge is 2.57. The molecule has 3 fully saturated rings. The zero-order valence-electron chi connectivity index (χ0n) is 13.9. The highest BCUT2D eigenvalue weighted by atomic mass is 16.5. The maximum atomic E-state index is 11.9. The minimum absolute atomic E-state index is 0.0682. The van der Waals surface area contributed by atoms with Gasteiger partial charge in [-0.15, -0.1) is 0 Å². The third kappa shape index (κ3) is 3.78. The van der Waals surface area contributed by atoms with E-state index in [9.17, 15) is 4.79 Å². The van der Waals surface area contributed by atoms with Crippen molar-refractivity contribution in [3.8, 4) is 0 Å². The van der Waals surface area contributed by atoms with E-state index in [1.807, 2.05) is 0 Å². The Morgan fingerprint density at radius 1 is 1.19 bits per heavy atom. The van der Waals surface area contributed by atoms with Gasteiger partial charge in [-0.25, -0.2) is 0 Å². The van der Waals surface area contributed by atoms with Gasteiger partial charge in [-0.05, 0) is 42.4 Å². The first-order valence-corrected chi connectivity index (χ1v) is 8.23. The lowest BCUT2D eigenvalue weighted by Gasteiger charge is -2.61. The number of carbonyl (C=O) groups is 1. The summed E-state index contributed by atoms with van der Waals surface area (Å²) in [6.07, 6.45) is 3.66. The van der Waals surface area contributed by atoms with Crippen LogP contribution in [0.25, 0.3) is 0 Å². The van der Waals surface area contributed by atoms with Crippen LogP contribution in [0.3, 0.4) is 0 Å². The van der Waals surface area contributed by atoms with Gasteiger partial charge >= 0.3 is 5.97 Å². The van der Waals surface area contributed by atoms with Crippen molar-refractivity contribution in [1.82, 2.24) is 0 Å². The molecule has 3 rings (SSSR count). The molecule has 2 bridgehead atoms. The standard InChI is InChI=1S/C17H30O4/c1-12-14-10-13(17(14,2)3)11-15(12)21-16(18)6-5-7-20-9-8-19-4/h12-15H,5-11H2,1-4H3. The Kier molecular flexibility index (Phi) is 5.67. The Morgan fingerprint density at radius 2 is 1.95 bits per heavy atom. The lowest BCUT2D eigenvalue weighted by atomic mass is 9.45. The maximum Gasteiger partial charge on any atom is 0.306 e. The number of hydrogen-bond donors (Lipinski definition) is 0. The van der Waals surface area contributed by atoms with E-state index in [0.29, 0.717) is 43.5 Å². The zero-order chi connectivity index (χ0) is 15.5. The molecule has 0 N–H and O–H groups in total. The van der Waals surface area contributed by atoms with Gasteiger partial charge in [-0.1, -0.05) is 20.8 Å². The Morgan fingerprint density at radius 3 is 2.57 bits per heavy atom. The van der Waals surface area contributed by atoms with Crippen LogP contribution in [0.15, 0.2) is 0 Å². The van der Waals surface area contributed by atoms with Gasteiger partial charge in [-0.3, -0.25) is 4.79 Å². The second-order valence-corrected chi connectivity index (χ2v) is 7.19. The number of esters is 1. The fourth-order valence-corrected chi connectivity index (χ4v) is 4.05. The molecule has 122 valence electrons. The van der Waals surface area contributed by atoms with E-state index in [-0.39, 0.29) is 12.1 Å². The van der Waals surface area contributed by atoms with E-state index in [0.717, 1.165) is 18.8 Å². The topological polar surface area (TPSA) is 44.8 Å². The van der Waals surface area contributed by atoms with Crippen LogP contribution in [0.5, 0.6) is 0 Å². The Hall–Kier alpha value is -0.610. The molecule has 3 aliphatic rings. The predicted molar refractivity (Wildman–Crippen MR) is 81.0 cm³/mol. The van der Waals surface area contributed by atoms with Gasteiger partial charge in [0.1, 0.15) is 6.10 Å². The van der Waals surface area contributed by atoms with Gasteiger partial charge in [-0.2, -0.15) is 0 Å². The van der Waals surface area contributed by atoms with Gasteiger partial charge in [0.05, 0.1) is 13.2 Å². The molecule has 0 amide bonds. The molecular formula is C17H30O4. The van der Waals surface area contributed by atoms with Crippen molar-refractivity contribution in [3.63, 3.8) is 0 Å². The van der Waals surface area contributed by atoms with Gasteiger partial charge in [0, 0.05) is 20.1 Å². The zero-order valence-corrected chi connectivity index (χ0v) is 13.9. The van der Waals surface area contributed by atoms with Crippen LogP contribution >= 0.6 is 0 Å². The quantitative estimate of drug-likeness (QED) is 0.510. The minimum atomic E-state index is -0.0682. The highest BCUT2D eigenvalue weighted by Crippen LogP contribution is 2.61. The third-order valence-electron chi connectivity index (χ3n) is 5.67. The molecule has 0 heterocycles. The lowest BCUT2D eigenvalue weighted by Crippen LogP contribution is -2.57. The molecule has 0 aliphatic heterocycles. The lowest BCUT2D eigenvalue weighted by molar-refractivity contribution is -0.186. The van der Waals surface area contributed by atoms with Crippen molar-refractivity contribution in [1.29, 1.82) is 0 Å². The van der Waals surface area contributed by atoms with E-state index in [2.05, 4.69) is 20.8 Å². The van der Waals surface area contributed by atoms with Gasteiger partial charge in [0.2, 0.25) is 0 Å². The summed E-state index contributed by atoms with van der Waals surface area (Å²) in [7, 11) is 1.65. The normalized spacial score (nSPS) is 33.3. The summed E-state index contributed by atoms with van der Waals surface area (Å²) < 4.78 is 16.0. The number of hydrogen-bond acceptors (Lipinski definition) is 4. The van der Waals surface area contributed by atoms with Crippen molar-refractivity contribution in [3.05, 3.63) is 0 Å². The van der Waals surface area contributed by atoms with E-state index in [4.69, 9.17) is 14.2 Å². The van der Waals surface area contributed by atoms with Crippen LogP contribution in [-0.4, -0.2) is 39.0 Å². The molecule has 0 aromatic rings. The largest absolute Gasteiger partial charge is 0.462 e. The highest BCUT2D eigenvalue weighted by molar-refractivity contribution is 5.69. The Labute approximate surface area is 128 Å². The van der Waals surface area contributed by atoms with Gasteiger partial charge in [0.25, 0.3) is 0 Å². The molecular weight excluding hydrogens is 268 g/mol. The summed E-state index contributed by atoms with van der Waals surface area (Å²) in [6, 6.07) is 0. The summed E-state index contributed by atoms with van der Waals surface area (Å²) in [4.78, 5) is 11.9. The van der Waals surface area contributed by atoms with Gasteiger partial charge < -0.3 is 14.2 Å². The average molecular weight is 298 g/mol. The van der Waals surface area contributed by atoms with Crippen molar-refractivity contribution in [2.24, 2.45) is 23.2 Å². The van der Waals surface area contributed by atoms with Gasteiger partial charge in [0.15, 0.2) is 0 Å². The second kappa shape index (κ2) is 7.10. The van der Waals surface area contributed by atoms with Crippen LogP contribution in [0.4, 0.5) is 0 Å². The molecule has 0 saturated heterocycles. The number of ether oxygens (including phenoxy) is 3. The molecule has 4 heteroatoms. The Balaban J connectivity index is 1.63.